The Balaban J connectivity index is 2.87. The summed E-state index contributed by atoms with van der Waals surface area (Å²) in [6, 6.07) is 1.79. The molecule has 0 aliphatic rings. The van der Waals surface area contributed by atoms with Gasteiger partial charge in [-0.1, -0.05) is 6.92 Å². The van der Waals surface area contributed by atoms with E-state index in [1.165, 1.54) is 0 Å². The summed E-state index contributed by atoms with van der Waals surface area (Å²) in [6.45, 7) is 6.80. The number of nitrogens with zero attached hydrogens (tertiary/aromatic N) is 1. The second-order valence-corrected chi connectivity index (χ2v) is 4.60. The normalized spacial score (nSPS) is 16.2. The van der Waals surface area contributed by atoms with E-state index in [9.17, 15) is 0 Å². The largest absolute Gasteiger partial charge is 0.398 e. The van der Waals surface area contributed by atoms with Gasteiger partial charge in [0.1, 0.15) is 0 Å². The minimum Gasteiger partial charge on any atom is -0.398 e. The van der Waals surface area contributed by atoms with Gasteiger partial charge in [-0.2, -0.15) is 0 Å². The summed E-state index contributed by atoms with van der Waals surface area (Å²) in [6.07, 6.45) is 5.03. The second kappa shape index (κ2) is 6.68. The van der Waals surface area contributed by atoms with E-state index < -0.39 is 0 Å². The maximum absolute atomic E-state index is 5.93. The van der Waals surface area contributed by atoms with Crippen LogP contribution < -0.4 is 17.0 Å². The number of hydrogen-bond donors (Lipinski definition) is 3. The Labute approximate surface area is 109 Å². The molecule has 0 saturated carbocycles. The molecule has 0 aliphatic heterocycles. The van der Waals surface area contributed by atoms with Crippen LogP contribution in [0.5, 0.6) is 0 Å². The number of ether oxygens (including phenoxy) is 1. The molecule has 0 amide bonds. The van der Waals surface area contributed by atoms with Crippen molar-refractivity contribution in [1.82, 2.24) is 10.4 Å². The fourth-order valence-electron chi connectivity index (χ4n) is 2.06. The average molecular weight is 252 g/mol. The van der Waals surface area contributed by atoms with Crippen LogP contribution in [0.1, 0.15) is 32.8 Å². The SMILES string of the molecule is CCOC(C)(CC)C(Cc1cnccc1N)NN. The zero-order chi connectivity index (χ0) is 13.6. The minimum absolute atomic E-state index is 0.00560. The number of anilines is 1. The molecule has 1 aromatic rings. The molecule has 0 aliphatic carbocycles. The van der Waals surface area contributed by atoms with E-state index in [2.05, 4.69) is 24.3 Å². The number of nitrogens with one attached hydrogen (secondary N) is 1. The van der Waals surface area contributed by atoms with Gasteiger partial charge >= 0.3 is 0 Å². The van der Waals surface area contributed by atoms with Crippen molar-refractivity contribution in [2.75, 3.05) is 12.3 Å². The van der Waals surface area contributed by atoms with Crippen LogP contribution in [0.4, 0.5) is 5.69 Å². The molecular weight excluding hydrogens is 228 g/mol. The molecule has 5 N–H and O–H groups in total. The highest BCUT2D eigenvalue weighted by Gasteiger charge is 2.33. The predicted octanol–water partition coefficient (Wildman–Crippen LogP) is 1.24. The quantitative estimate of drug-likeness (QED) is 0.502. The Hall–Kier alpha value is -1.17. The second-order valence-electron chi connectivity index (χ2n) is 4.60. The summed E-state index contributed by atoms with van der Waals surface area (Å²) in [4.78, 5) is 4.10. The summed E-state index contributed by atoms with van der Waals surface area (Å²) in [5.41, 5.74) is 10.2. The van der Waals surface area contributed by atoms with E-state index in [4.69, 9.17) is 16.3 Å². The lowest BCUT2D eigenvalue weighted by atomic mass is 9.88. The molecule has 0 spiro atoms. The molecule has 0 fully saturated rings. The molecule has 1 rings (SSSR count). The highest BCUT2D eigenvalue weighted by atomic mass is 16.5. The van der Waals surface area contributed by atoms with Gasteiger partial charge in [-0.05, 0) is 38.3 Å². The Bertz CT molecular complexity index is 372. The first-order valence-corrected chi connectivity index (χ1v) is 6.35. The van der Waals surface area contributed by atoms with Gasteiger partial charge in [-0.15, -0.1) is 0 Å². The first-order chi connectivity index (χ1) is 8.57. The first kappa shape index (κ1) is 14.9. The first-order valence-electron chi connectivity index (χ1n) is 6.35. The number of rotatable bonds is 7. The van der Waals surface area contributed by atoms with E-state index in [1.54, 1.807) is 18.5 Å². The third kappa shape index (κ3) is 3.41. The zero-order valence-electron chi connectivity index (χ0n) is 11.4. The standard InChI is InChI=1S/C13H24N4O/c1-4-13(3,18-5-2)12(17-15)8-10-9-16-7-6-11(10)14/h6-7,9,12,17H,4-5,8,15H2,1-3H3,(H2,14,16). The number of hydrogen-bond acceptors (Lipinski definition) is 5. The van der Waals surface area contributed by atoms with E-state index in [0.29, 0.717) is 13.0 Å². The number of nitrogens with two attached hydrogens (primary N) is 2. The van der Waals surface area contributed by atoms with Gasteiger partial charge in [0, 0.05) is 24.7 Å². The van der Waals surface area contributed by atoms with Gasteiger partial charge in [0.2, 0.25) is 0 Å². The molecule has 2 unspecified atom stereocenters. The number of hydrazine groups is 1. The van der Waals surface area contributed by atoms with Gasteiger partial charge in [0.15, 0.2) is 0 Å². The molecule has 5 heteroatoms. The molecule has 1 heterocycles. The topological polar surface area (TPSA) is 86.2 Å². The lowest BCUT2D eigenvalue weighted by molar-refractivity contribution is -0.0550. The van der Waals surface area contributed by atoms with Crippen molar-refractivity contribution in [3.05, 3.63) is 24.0 Å². The van der Waals surface area contributed by atoms with E-state index in [0.717, 1.165) is 17.7 Å². The fraction of sp³-hybridized carbons (Fsp3) is 0.615. The van der Waals surface area contributed by atoms with Crippen molar-refractivity contribution < 1.29 is 4.74 Å². The summed E-state index contributed by atoms with van der Waals surface area (Å²) in [5.74, 6) is 5.67. The zero-order valence-corrected chi connectivity index (χ0v) is 11.4. The third-order valence-electron chi connectivity index (χ3n) is 3.48. The lowest BCUT2D eigenvalue weighted by Gasteiger charge is -2.36. The summed E-state index contributed by atoms with van der Waals surface area (Å²) >= 11 is 0. The molecule has 102 valence electrons. The van der Waals surface area contributed by atoms with Crippen LogP contribution in [0.3, 0.4) is 0 Å². The smallest absolute Gasteiger partial charge is 0.0820 e. The molecular formula is C13H24N4O. The average Bonchev–Trinajstić information content (AvgIpc) is 2.38. The van der Waals surface area contributed by atoms with Crippen LogP contribution >= 0.6 is 0 Å². The van der Waals surface area contributed by atoms with Gasteiger partial charge in [0.05, 0.1) is 11.6 Å². The Morgan fingerprint density at radius 1 is 1.50 bits per heavy atom. The highest BCUT2D eigenvalue weighted by Crippen LogP contribution is 2.24. The van der Waals surface area contributed by atoms with Crippen LogP contribution in [0.15, 0.2) is 18.5 Å². The predicted molar refractivity (Wildman–Crippen MR) is 73.8 cm³/mol. The van der Waals surface area contributed by atoms with Gasteiger partial charge in [-0.25, -0.2) is 0 Å². The maximum Gasteiger partial charge on any atom is 0.0820 e. The monoisotopic (exact) mass is 252 g/mol. The third-order valence-corrected chi connectivity index (χ3v) is 3.48. The molecule has 0 aromatic carbocycles. The van der Waals surface area contributed by atoms with Crippen molar-refractivity contribution in [2.45, 2.75) is 45.3 Å². The molecule has 0 radical (unpaired) electrons. The highest BCUT2D eigenvalue weighted by molar-refractivity contribution is 5.44. The van der Waals surface area contributed by atoms with Gasteiger partial charge in [-0.3, -0.25) is 16.3 Å². The van der Waals surface area contributed by atoms with Crippen LogP contribution in [0.2, 0.25) is 0 Å². The minimum atomic E-state index is -0.314. The van der Waals surface area contributed by atoms with Crippen molar-refractivity contribution in [3.63, 3.8) is 0 Å². The van der Waals surface area contributed by atoms with Crippen LogP contribution in [0.25, 0.3) is 0 Å². The van der Waals surface area contributed by atoms with Crippen molar-refractivity contribution in [2.24, 2.45) is 5.84 Å². The van der Waals surface area contributed by atoms with Gasteiger partial charge in [0.25, 0.3) is 0 Å². The number of nitrogen functional groups attached to an aromatic ring is 1. The lowest BCUT2D eigenvalue weighted by Crippen LogP contribution is -2.54. The fourth-order valence-corrected chi connectivity index (χ4v) is 2.06. The summed E-state index contributed by atoms with van der Waals surface area (Å²) in [5, 5.41) is 0. The number of pyridine rings is 1. The molecule has 0 bridgehead atoms. The van der Waals surface area contributed by atoms with Crippen LogP contribution in [-0.2, 0) is 11.2 Å². The van der Waals surface area contributed by atoms with Crippen molar-refractivity contribution in [3.8, 4) is 0 Å². The van der Waals surface area contributed by atoms with Crippen LogP contribution in [0, 0.1) is 0 Å². The Morgan fingerprint density at radius 2 is 2.22 bits per heavy atom. The summed E-state index contributed by atoms with van der Waals surface area (Å²) < 4.78 is 5.84. The van der Waals surface area contributed by atoms with E-state index in [-0.39, 0.29) is 11.6 Å². The Kier molecular flexibility index (Phi) is 5.53. The van der Waals surface area contributed by atoms with Crippen LogP contribution in [-0.4, -0.2) is 23.2 Å². The van der Waals surface area contributed by atoms with E-state index >= 15 is 0 Å². The molecule has 1 aromatic heterocycles. The molecule has 5 nitrogen and oxygen atoms in total. The molecule has 2 atom stereocenters. The molecule has 18 heavy (non-hydrogen) atoms. The maximum atomic E-state index is 5.93. The Morgan fingerprint density at radius 3 is 2.72 bits per heavy atom. The van der Waals surface area contributed by atoms with Crippen molar-refractivity contribution in [1.29, 1.82) is 0 Å². The van der Waals surface area contributed by atoms with Gasteiger partial charge < -0.3 is 10.5 Å². The van der Waals surface area contributed by atoms with Crippen molar-refractivity contribution >= 4 is 5.69 Å². The number of aromatic nitrogens is 1. The van der Waals surface area contributed by atoms with E-state index in [1.807, 2.05) is 6.92 Å². The molecule has 0 saturated heterocycles. The summed E-state index contributed by atoms with van der Waals surface area (Å²) in [7, 11) is 0.